The number of carbonyl (C=O) groups excluding carboxylic acids is 1. The van der Waals surface area contributed by atoms with Crippen LogP contribution >= 0.6 is 11.3 Å². The summed E-state index contributed by atoms with van der Waals surface area (Å²) in [6, 6.07) is 2.17. The zero-order valence-corrected chi connectivity index (χ0v) is 8.20. The molecule has 0 aromatic carbocycles. The minimum absolute atomic E-state index is 0.0746. The zero-order valence-electron chi connectivity index (χ0n) is 7.39. The number of aldehydes is 1. The van der Waals surface area contributed by atoms with Crippen LogP contribution in [0.4, 0.5) is 0 Å². The predicted octanol–water partition coefficient (Wildman–Crippen LogP) is 2.60. The number of hydrogen-bond donors (Lipinski definition) is 0. The molecule has 0 atom stereocenters. The highest BCUT2D eigenvalue weighted by Crippen LogP contribution is 2.49. The maximum atomic E-state index is 10.9. The summed E-state index contributed by atoms with van der Waals surface area (Å²) in [4.78, 5) is 13.5. The van der Waals surface area contributed by atoms with Crippen LogP contribution in [0.15, 0.2) is 6.07 Å². The Morgan fingerprint density at radius 3 is 2.50 bits per heavy atom. The molecule has 0 unspecified atom stereocenters. The molecular formula is C10H12OS. The van der Waals surface area contributed by atoms with Gasteiger partial charge < -0.3 is 4.79 Å². The Morgan fingerprint density at radius 1 is 1.50 bits per heavy atom. The molecule has 0 N–H and O–H groups in total. The van der Waals surface area contributed by atoms with Crippen molar-refractivity contribution in [1.82, 2.24) is 0 Å². The molecule has 0 spiro atoms. The molecular weight excluding hydrogens is 168 g/mol. The molecule has 12 heavy (non-hydrogen) atoms. The van der Waals surface area contributed by atoms with Gasteiger partial charge in [-0.2, -0.15) is 0 Å². The molecule has 2 heteroatoms. The van der Waals surface area contributed by atoms with E-state index in [2.05, 4.69) is 19.9 Å². The molecule has 64 valence electrons. The molecule has 1 aromatic heterocycles. The Balaban J connectivity index is 2.45. The zero-order chi connectivity index (χ0) is 8.77. The minimum Gasteiger partial charge on any atom is -0.302 e. The van der Waals surface area contributed by atoms with Crippen LogP contribution in [0.25, 0.3) is 0 Å². The van der Waals surface area contributed by atoms with Crippen molar-refractivity contribution in [1.29, 1.82) is 0 Å². The highest BCUT2D eigenvalue weighted by molar-refractivity contribution is 7.12. The van der Waals surface area contributed by atoms with Crippen LogP contribution in [0.2, 0.25) is 0 Å². The van der Waals surface area contributed by atoms with E-state index in [0.29, 0.717) is 0 Å². The Kier molecular flexibility index (Phi) is 1.62. The molecule has 1 aromatic rings. The van der Waals surface area contributed by atoms with Crippen molar-refractivity contribution in [3.05, 3.63) is 21.4 Å². The van der Waals surface area contributed by atoms with Gasteiger partial charge in [-0.05, 0) is 38.3 Å². The third kappa shape index (κ3) is 1.02. The number of hydrogen-bond acceptors (Lipinski definition) is 2. The molecule has 1 saturated carbocycles. The van der Waals surface area contributed by atoms with Gasteiger partial charge in [0.1, 0.15) is 6.29 Å². The third-order valence-corrected chi connectivity index (χ3v) is 3.56. The lowest BCUT2D eigenvalue weighted by Crippen LogP contribution is -2.07. The first-order chi connectivity index (χ1) is 5.68. The van der Waals surface area contributed by atoms with Gasteiger partial charge in [0.15, 0.2) is 0 Å². The molecule has 1 nitrogen and oxygen atoms in total. The number of carbonyl (C=O) groups is 1. The second kappa shape index (κ2) is 2.43. The highest BCUT2D eigenvalue weighted by Gasteiger charge is 2.45. The van der Waals surface area contributed by atoms with Crippen LogP contribution < -0.4 is 0 Å². The average molecular weight is 180 g/mol. The molecule has 0 amide bonds. The molecule has 2 rings (SSSR count). The molecule has 1 aliphatic rings. The normalized spacial score (nSPS) is 19.2. The summed E-state index contributed by atoms with van der Waals surface area (Å²) in [6.45, 7) is 4.21. The first-order valence-corrected chi connectivity index (χ1v) is 5.03. The topological polar surface area (TPSA) is 17.1 Å². The van der Waals surface area contributed by atoms with E-state index in [0.717, 1.165) is 19.1 Å². The fraction of sp³-hybridized carbons (Fsp3) is 0.500. The number of aryl methyl sites for hydroxylation is 2. The predicted molar refractivity (Wildman–Crippen MR) is 50.8 cm³/mol. The van der Waals surface area contributed by atoms with Crippen LogP contribution in [0.1, 0.15) is 28.2 Å². The molecule has 1 aliphatic carbocycles. The summed E-state index contributed by atoms with van der Waals surface area (Å²) in [5, 5.41) is 0. The summed E-state index contributed by atoms with van der Waals surface area (Å²) in [6.07, 6.45) is 3.22. The van der Waals surface area contributed by atoms with Gasteiger partial charge in [-0.1, -0.05) is 0 Å². The Bertz CT molecular complexity index is 321. The molecule has 0 saturated heterocycles. The standard InChI is InChI=1S/C10H12OS/c1-7-5-9(8(2)12-7)10(6-11)3-4-10/h5-6H,3-4H2,1-2H3. The summed E-state index contributed by atoms with van der Waals surface area (Å²) in [5.74, 6) is 0. The van der Waals surface area contributed by atoms with E-state index in [1.165, 1.54) is 15.3 Å². The highest BCUT2D eigenvalue weighted by atomic mass is 32.1. The van der Waals surface area contributed by atoms with Gasteiger partial charge in [-0.3, -0.25) is 0 Å². The van der Waals surface area contributed by atoms with E-state index in [1.54, 1.807) is 11.3 Å². The van der Waals surface area contributed by atoms with Gasteiger partial charge in [0.25, 0.3) is 0 Å². The maximum Gasteiger partial charge on any atom is 0.130 e. The van der Waals surface area contributed by atoms with Crippen LogP contribution in [0.3, 0.4) is 0 Å². The quantitative estimate of drug-likeness (QED) is 0.639. The van der Waals surface area contributed by atoms with E-state index >= 15 is 0 Å². The fourth-order valence-corrected chi connectivity index (χ4v) is 2.74. The van der Waals surface area contributed by atoms with Gasteiger partial charge in [-0.15, -0.1) is 11.3 Å². The summed E-state index contributed by atoms with van der Waals surface area (Å²) >= 11 is 1.79. The van der Waals surface area contributed by atoms with E-state index in [4.69, 9.17) is 0 Å². The van der Waals surface area contributed by atoms with Crippen molar-refractivity contribution in [2.45, 2.75) is 32.1 Å². The van der Waals surface area contributed by atoms with E-state index in [-0.39, 0.29) is 5.41 Å². The molecule has 0 aliphatic heterocycles. The Hall–Kier alpha value is -0.630. The lowest BCUT2D eigenvalue weighted by atomic mass is 9.98. The van der Waals surface area contributed by atoms with Gasteiger partial charge >= 0.3 is 0 Å². The van der Waals surface area contributed by atoms with Gasteiger partial charge in [-0.25, -0.2) is 0 Å². The molecule has 1 heterocycles. The molecule has 0 radical (unpaired) electrons. The van der Waals surface area contributed by atoms with Gasteiger partial charge in [0.2, 0.25) is 0 Å². The van der Waals surface area contributed by atoms with Crippen molar-refractivity contribution < 1.29 is 4.79 Å². The number of thiophene rings is 1. The minimum atomic E-state index is -0.0746. The van der Waals surface area contributed by atoms with Crippen LogP contribution in [-0.2, 0) is 10.2 Å². The lowest BCUT2D eigenvalue weighted by molar-refractivity contribution is -0.109. The first-order valence-electron chi connectivity index (χ1n) is 4.22. The number of rotatable bonds is 2. The Labute approximate surface area is 76.4 Å². The summed E-state index contributed by atoms with van der Waals surface area (Å²) in [7, 11) is 0. The fourth-order valence-electron chi connectivity index (χ4n) is 1.71. The van der Waals surface area contributed by atoms with Crippen molar-refractivity contribution in [3.8, 4) is 0 Å². The average Bonchev–Trinajstić information content (AvgIpc) is 2.74. The van der Waals surface area contributed by atoms with E-state index < -0.39 is 0 Å². The maximum absolute atomic E-state index is 10.9. The van der Waals surface area contributed by atoms with Crippen LogP contribution in [0.5, 0.6) is 0 Å². The van der Waals surface area contributed by atoms with Crippen molar-refractivity contribution >= 4 is 17.6 Å². The van der Waals surface area contributed by atoms with Crippen LogP contribution in [0, 0.1) is 13.8 Å². The molecule has 1 fully saturated rings. The lowest BCUT2D eigenvalue weighted by Gasteiger charge is -2.04. The van der Waals surface area contributed by atoms with E-state index in [1.807, 2.05) is 0 Å². The molecule has 0 bridgehead atoms. The second-order valence-corrected chi connectivity index (χ2v) is 5.06. The first kappa shape index (κ1) is 7.99. The summed E-state index contributed by atoms with van der Waals surface area (Å²) in [5.41, 5.74) is 1.20. The van der Waals surface area contributed by atoms with Crippen molar-refractivity contribution in [2.24, 2.45) is 0 Å². The smallest absolute Gasteiger partial charge is 0.130 e. The van der Waals surface area contributed by atoms with Crippen molar-refractivity contribution in [2.75, 3.05) is 0 Å². The van der Waals surface area contributed by atoms with Crippen molar-refractivity contribution in [3.63, 3.8) is 0 Å². The summed E-state index contributed by atoms with van der Waals surface area (Å²) < 4.78 is 0. The van der Waals surface area contributed by atoms with E-state index in [9.17, 15) is 4.79 Å². The van der Waals surface area contributed by atoms with Gasteiger partial charge in [0.05, 0.1) is 5.41 Å². The largest absolute Gasteiger partial charge is 0.302 e. The third-order valence-electron chi connectivity index (χ3n) is 2.59. The SMILES string of the molecule is Cc1cc(C2(C=O)CC2)c(C)s1. The van der Waals surface area contributed by atoms with Gasteiger partial charge in [0, 0.05) is 9.75 Å². The Morgan fingerprint density at radius 2 is 2.17 bits per heavy atom. The van der Waals surface area contributed by atoms with Crippen LogP contribution in [-0.4, -0.2) is 6.29 Å². The second-order valence-electron chi connectivity index (χ2n) is 3.60. The monoisotopic (exact) mass is 180 g/mol.